The molecular formula is C7H6N3O2+. The van der Waals surface area contributed by atoms with E-state index in [0.717, 1.165) is 0 Å². The van der Waals surface area contributed by atoms with Crippen LogP contribution in [0.3, 0.4) is 0 Å². The highest BCUT2D eigenvalue weighted by atomic mass is 16.5. The van der Waals surface area contributed by atoms with Gasteiger partial charge < -0.3 is 4.52 Å². The summed E-state index contributed by atoms with van der Waals surface area (Å²) < 4.78 is 5.87. The molecule has 0 aliphatic carbocycles. The fourth-order valence-corrected chi connectivity index (χ4v) is 0.861. The molecule has 60 valence electrons. The molecule has 0 spiro atoms. The van der Waals surface area contributed by atoms with Crippen LogP contribution in [0.25, 0.3) is 5.82 Å². The molecule has 2 heterocycles. The van der Waals surface area contributed by atoms with Crippen molar-refractivity contribution in [3.05, 3.63) is 41.0 Å². The average molecular weight is 164 g/mol. The Morgan fingerprint density at radius 1 is 1.50 bits per heavy atom. The SMILES string of the molecule is O=c1c[n+](-c2ccccn2)[nH]o1. The van der Waals surface area contributed by atoms with Crippen molar-refractivity contribution in [1.82, 2.24) is 10.3 Å². The van der Waals surface area contributed by atoms with Crippen LogP contribution in [0, 0.1) is 0 Å². The van der Waals surface area contributed by atoms with Crippen molar-refractivity contribution in [2.24, 2.45) is 0 Å². The first kappa shape index (κ1) is 6.78. The topological polar surface area (TPSA) is 62.8 Å². The van der Waals surface area contributed by atoms with Gasteiger partial charge in [0.05, 0.1) is 0 Å². The van der Waals surface area contributed by atoms with Crippen molar-refractivity contribution < 1.29 is 9.20 Å². The zero-order chi connectivity index (χ0) is 8.39. The van der Waals surface area contributed by atoms with Gasteiger partial charge in [-0.1, -0.05) is 16.0 Å². The molecule has 0 amide bonds. The predicted molar refractivity (Wildman–Crippen MR) is 38.7 cm³/mol. The fraction of sp³-hybridized carbons (Fsp3) is 0. The highest BCUT2D eigenvalue weighted by Crippen LogP contribution is 1.88. The Labute approximate surface area is 67.2 Å². The van der Waals surface area contributed by atoms with Crippen LogP contribution >= 0.6 is 0 Å². The van der Waals surface area contributed by atoms with E-state index in [9.17, 15) is 4.79 Å². The molecule has 2 aromatic rings. The van der Waals surface area contributed by atoms with E-state index >= 15 is 0 Å². The lowest BCUT2D eigenvalue weighted by molar-refractivity contribution is -0.673. The number of aromatic nitrogens is 3. The summed E-state index contributed by atoms with van der Waals surface area (Å²) in [6, 6.07) is 5.37. The summed E-state index contributed by atoms with van der Waals surface area (Å²) in [5, 5.41) is 2.39. The Kier molecular flexibility index (Phi) is 1.48. The van der Waals surface area contributed by atoms with Crippen LogP contribution in [0.15, 0.2) is 39.9 Å². The zero-order valence-corrected chi connectivity index (χ0v) is 6.10. The second-order valence-corrected chi connectivity index (χ2v) is 2.20. The van der Waals surface area contributed by atoms with Gasteiger partial charge in [-0.3, -0.25) is 0 Å². The van der Waals surface area contributed by atoms with E-state index in [-0.39, 0.29) is 0 Å². The molecule has 0 unspecified atom stereocenters. The molecular weight excluding hydrogens is 158 g/mol. The molecule has 0 aliphatic heterocycles. The molecule has 0 atom stereocenters. The van der Waals surface area contributed by atoms with Crippen LogP contribution in [0.1, 0.15) is 0 Å². The molecule has 12 heavy (non-hydrogen) atoms. The number of nitrogens with zero attached hydrogens (tertiary/aromatic N) is 2. The molecule has 5 nitrogen and oxygen atoms in total. The van der Waals surface area contributed by atoms with E-state index in [1.54, 1.807) is 18.3 Å². The smallest absolute Gasteiger partial charge is 0.302 e. The molecule has 0 bridgehead atoms. The average Bonchev–Trinajstić information content (AvgIpc) is 2.54. The van der Waals surface area contributed by atoms with E-state index in [1.807, 2.05) is 6.07 Å². The maximum absolute atomic E-state index is 10.6. The van der Waals surface area contributed by atoms with Gasteiger partial charge in [0.1, 0.15) is 6.20 Å². The maximum Gasteiger partial charge on any atom is 0.400 e. The molecule has 0 saturated carbocycles. The van der Waals surface area contributed by atoms with Gasteiger partial charge in [-0.15, -0.1) is 0 Å². The molecule has 2 aromatic heterocycles. The fourth-order valence-electron chi connectivity index (χ4n) is 0.861. The number of rotatable bonds is 1. The van der Waals surface area contributed by atoms with Gasteiger partial charge in [0.25, 0.3) is 0 Å². The van der Waals surface area contributed by atoms with Crippen molar-refractivity contribution in [3.8, 4) is 5.82 Å². The summed E-state index contributed by atoms with van der Waals surface area (Å²) in [4.78, 5) is 14.6. The van der Waals surface area contributed by atoms with Crippen LogP contribution < -0.4 is 10.3 Å². The monoisotopic (exact) mass is 164 g/mol. The van der Waals surface area contributed by atoms with Gasteiger partial charge in [-0.25, -0.2) is 4.79 Å². The van der Waals surface area contributed by atoms with Crippen LogP contribution in [-0.2, 0) is 0 Å². The van der Waals surface area contributed by atoms with Crippen molar-refractivity contribution in [2.75, 3.05) is 0 Å². The number of nitrogens with one attached hydrogen (secondary N) is 1. The quantitative estimate of drug-likeness (QED) is 0.585. The van der Waals surface area contributed by atoms with E-state index in [0.29, 0.717) is 5.82 Å². The summed E-state index contributed by atoms with van der Waals surface area (Å²) in [5.74, 6) is 0.614. The first-order chi connectivity index (χ1) is 5.86. The van der Waals surface area contributed by atoms with Crippen molar-refractivity contribution in [3.63, 3.8) is 0 Å². The molecule has 5 heteroatoms. The van der Waals surface area contributed by atoms with Gasteiger partial charge in [0, 0.05) is 6.07 Å². The third-order valence-corrected chi connectivity index (χ3v) is 1.38. The van der Waals surface area contributed by atoms with Crippen molar-refractivity contribution in [2.45, 2.75) is 0 Å². The van der Waals surface area contributed by atoms with Gasteiger partial charge in [0.15, 0.2) is 0 Å². The summed E-state index contributed by atoms with van der Waals surface area (Å²) in [7, 11) is 0. The molecule has 0 fully saturated rings. The van der Waals surface area contributed by atoms with E-state index in [4.69, 9.17) is 0 Å². The Hall–Kier alpha value is -1.91. The standard InChI is InChI=1S/C7H5N3O2/c11-7-5-10(9-12-7)6-3-1-2-4-8-6/h1-5H/p+1. The Bertz CT molecular complexity index is 417. The largest absolute Gasteiger partial charge is 0.400 e. The lowest BCUT2D eigenvalue weighted by Gasteiger charge is -1.83. The normalized spacial score (nSPS) is 10.0. The molecule has 2 rings (SSSR count). The van der Waals surface area contributed by atoms with E-state index in [1.165, 1.54) is 10.9 Å². The second kappa shape index (κ2) is 2.61. The summed E-state index contributed by atoms with van der Waals surface area (Å²) >= 11 is 0. The predicted octanol–water partition coefficient (Wildman–Crippen LogP) is -0.360. The van der Waals surface area contributed by atoms with Gasteiger partial charge in [-0.05, 0) is 11.1 Å². The zero-order valence-electron chi connectivity index (χ0n) is 6.10. The summed E-state index contributed by atoms with van der Waals surface area (Å²) in [6.45, 7) is 0. The Morgan fingerprint density at radius 3 is 3.00 bits per heavy atom. The summed E-state index contributed by atoms with van der Waals surface area (Å²) in [5.41, 5.74) is -0.430. The van der Waals surface area contributed by atoms with E-state index < -0.39 is 5.63 Å². The van der Waals surface area contributed by atoms with E-state index in [2.05, 4.69) is 14.8 Å². The highest BCUT2D eigenvalue weighted by Gasteiger charge is 2.07. The minimum atomic E-state index is -0.430. The first-order valence-electron chi connectivity index (χ1n) is 3.38. The van der Waals surface area contributed by atoms with Crippen LogP contribution in [0.4, 0.5) is 0 Å². The lowest BCUT2D eigenvalue weighted by Crippen LogP contribution is -2.33. The van der Waals surface area contributed by atoms with Crippen LogP contribution in [-0.4, -0.2) is 10.3 Å². The minimum absolute atomic E-state index is 0.430. The molecule has 0 aromatic carbocycles. The minimum Gasteiger partial charge on any atom is -0.302 e. The van der Waals surface area contributed by atoms with Crippen LogP contribution in [0.2, 0.25) is 0 Å². The van der Waals surface area contributed by atoms with Gasteiger partial charge in [0.2, 0.25) is 6.20 Å². The molecule has 1 N–H and O–H groups in total. The van der Waals surface area contributed by atoms with Gasteiger partial charge >= 0.3 is 11.4 Å². The van der Waals surface area contributed by atoms with Gasteiger partial charge in [-0.2, -0.15) is 0 Å². The number of H-pyrrole nitrogens is 1. The molecule has 0 aliphatic rings. The number of hydrogen-bond acceptors (Lipinski definition) is 3. The Balaban J connectivity index is 2.51. The third kappa shape index (κ3) is 1.12. The van der Waals surface area contributed by atoms with Crippen molar-refractivity contribution >= 4 is 0 Å². The number of hydrogen-bond donors (Lipinski definition) is 1. The second-order valence-electron chi connectivity index (χ2n) is 2.20. The molecule has 0 radical (unpaired) electrons. The van der Waals surface area contributed by atoms with Crippen LogP contribution in [0.5, 0.6) is 0 Å². The number of pyridine rings is 1. The molecule has 0 saturated heterocycles. The maximum atomic E-state index is 10.6. The lowest BCUT2D eigenvalue weighted by atomic mass is 10.5. The Morgan fingerprint density at radius 2 is 2.42 bits per heavy atom. The highest BCUT2D eigenvalue weighted by molar-refractivity contribution is 5.08. The van der Waals surface area contributed by atoms with Crippen molar-refractivity contribution in [1.29, 1.82) is 0 Å². The summed E-state index contributed by atoms with van der Waals surface area (Å²) in [6.07, 6.45) is 2.91. The number of aromatic amines is 1. The third-order valence-electron chi connectivity index (χ3n) is 1.38. The first-order valence-corrected chi connectivity index (χ1v) is 3.38.